The molecular formula is C30H14Cl2N2O6. The fraction of sp³-hybridized carbons (Fsp3) is 0. The molecule has 0 aromatic heterocycles. The molecule has 2 aliphatic rings. The van der Waals surface area contributed by atoms with Crippen LogP contribution >= 0.6 is 23.2 Å². The summed E-state index contributed by atoms with van der Waals surface area (Å²) in [6, 6.07) is 21.2. The van der Waals surface area contributed by atoms with Gasteiger partial charge in [-0.3, -0.25) is 28.8 Å². The van der Waals surface area contributed by atoms with Crippen LogP contribution in [0.15, 0.2) is 84.9 Å². The van der Waals surface area contributed by atoms with Crippen LogP contribution in [0.25, 0.3) is 11.1 Å². The first-order valence-electron chi connectivity index (χ1n) is 11.8. The van der Waals surface area contributed by atoms with Gasteiger partial charge < -0.3 is 0 Å². The Hall–Kier alpha value is -4.92. The maximum atomic E-state index is 13.3. The Labute approximate surface area is 236 Å². The van der Waals surface area contributed by atoms with Gasteiger partial charge in [-0.05, 0) is 95.0 Å². The van der Waals surface area contributed by atoms with Crippen molar-refractivity contribution in [2.75, 3.05) is 9.80 Å². The third kappa shape index (κ3) is 3.93. The standard InChI is InChI=1S/C30H14Cl2N2O6/c31-25(35)17-3-1-5-19(11-17)33-27(37)21-9-7-15(13-23(21)29(33)39)16-8-10-22-24(14-16)30(40)34(28(22)38)20-6-2-4-18(12-20)26(32)36/h1-14H. The molecule has 2 aliphatic heterocycles. The van der Waals surface area contributed by atoms with Gasteiger partial charge in [-0.15, -0.1) is 0 Å². The van der Waals surface area contributed by atoms with E-state index in [0.717, 1.165) is 9.80 Å². The molecule has 0 bridgehead atoms. The van der Waals surface area contributed by atoms with E-state index in [1.54, 1.807) is 24.3 Å². The number of fused-ring (bicyclic) bond motifs is 2. The number of benzene rings is 4. The topological polar surface area (TPSA) is 109 Å². The smallest absolute Gasteiger partial charge is 0.266 e. The van der Waals surface area contributed by atoms with Crippen LogP contribution in [-0.2, 0) is 0 Å². The number of anilines is 2. The molecule has 194 valence electrons. The average Bonchev–Trinajstić information content (AvgIpc) is 3.36. The van der Waals surface area contributed by atoms with Crippen LogP contribution in [0, 0.1) is 0 Å². The highest BCUT2D eigenvalue weighted by Crippen LogP contribution is 2.35. The zero-order valence-electron chi connectivity index (χ0n) is 20.2. The number of hydrogen-bond donors (Lipinski definition) is 0. The number of carbonyl (C=O) groups excluding carboxylic acids is 6. The van der Waals surface area contributed by atoms with Crippen LogP contribution < -0.4 is 9.80 Å². The fourth-order valence-electron chi connectivity index (χ4n) is 4.84. The highest BCUT2D eigenvalue weighted by molar-refractivity contribution is 6.68. The lowest BCUT2D eigenvalue weighted by Crippen LogP contribution is -2.29. The molecule has 0 N–H and O–H groups in total. The van der Waals surface area contributed by atoms with Gasteiger partial charge in [0.25, 0.3) is 34.1 Å². The SMILES string of the molecule is O=C(Cl)c1cccc(N2C(=O)c3ccc(-c4ccc5c(c4)C(=O)N(c4cccc(C(=O)Cl)c4)C5=O)cc3C2=O)c1. The van der Waals surface area contributed by atoms with Crippen molar-refractivity contribution in [3.05, 3.63) is 118 Å². The molecule has 40 heavy (non-hydrogen) atoms. The third-order valence-corrected chi connectivity index (χ3v) is 7.21. The molecule has 4 aromatic carbocycles. The highest BCUT2D eigenvalue weighted by atomic mass is 35.5. The lowest BCUT2D eigenvalue weighted by atomic mass is 9.97. The number of amides is 4. The quantitative estimate of drug-likeness (QED) is 0.225. The molecule has 0 fully saturated rings. The van der Waals surface area contributed by atoms with Gasteiger partial charge >= 0.3 is 0 Å². The lowest BCUT2D eigenvalue weighted by molar-refractivity contribution is 0.0910. The maximum absolute atomic E-state index is 13.3. The molecule has 0 atom stereocenters. The summed E-state index contributed by atoms with van der Waals surface area (Å²) >= 11 is 11.1. The third-order valence-electron chi connectivity index (χ3n) is 6.77. The van der Waals surface area contributed by atoms with Crippen LogP contribution in [0.5, 0.6) is 0 Å². The van der Waals surface area contributed by atoms with Gasteiger partial charge in [0.15, 0.2) is 0 Å². The Morgan fingerprint density at radius 1 is 0.475 bits per heavy atom. The molecule has 4 aromatic rings. The van der Waals surface area contributed by atoms with Crippen LogP contribution in [0.4, 0.5) is 11.4 Å². The van der Waals surface area contributed by atoms with E-state index in [-0.39, 0.29) is 44.8 Å². The Balaban J connectivity index is 1.34. The minimum absolute atomic E-state index is 0.142. The predicted octanol–water partition coefficient (Wildman–Crippen LogP) is 5.71. The summed E-state index contributed by atoms with van der Waals surface area (Å²) in [6.45, 7) is 0. The minimum atomic E-state index is -0.718. The minimum Gasteiger partial charge on any atom is -0.276 e. The van der Waals surface area contributed by atoms with Crippen molar-refractivity contribution in [2.24, 2.45) is 0 Å². The first kappa shape index (κ1) is 25.4. The number of carbonyl (C=O) groups is 6. The van der Waals surface area contributed by atoms with E-state index in [2.05, 4.69) is 0 Å². The summed E-state index contributed by atoms with van der Waals surface area (Å²) in [7, 11) is 0. The lowest BCUT2D eigenvalue weighted by Gasteiger charge is -2.14. The molecule has 6 rings (SSSR count). The zero-order chi connectivity index (χ0) is 28.3. The second-order valence-electron chi connectivity index (χ2n) is 9.06. The Kier molecular flexibility index (Phi) is 5.94. The van der Waals surface area contributed by atoms with Crippen LogP contribution in [0.1, 0.15) is 62.1 Å². The molecule has 4 amide bonds. The van der Waals surface area contributed by atoms with E-state index in [1.165, 1.54) is 60.7 Å². The number of imide groups is 2. The van der Waals surface area contributed by atoms with Crippen LogP contribution in [0.2, 0.25) is 0 Å². The van der Waals surface area contributed by atoms with Crippen molar-refractivity contribution in [2.45, 2.75) is 0 Å². The first-order chi connectivity index (χ1) is 19.2. The molecule has 8 nitrogen and oxygen atoms in total. The molecule has 0 aliphatic carbocycles. The van der Waals surface area contributed by atoms with E-state index in [4.69, 9.17) is 23.2 Å². The van der Waals surface area contributed by atoms with E-state index < -0.39 is 34.1 Å². The van der Waals surface area contributed by atoms with Gasteiger partial charge in [0.1, 0.15) is 0 Å². The molecule has 0 unspecified atom stereocenters. The van der Waals surface area contributed by atoms with Gasteiger partial charge in [0, 0.05) is 11.1 Å². The number of hydrogen-bond acceptors (Lipinski definition) is 6. The van der Waals surface area contributed by atoms with Gasteiger partial charge in [-0.1, -0.05) is 24.3 Å². The summed E-state index contributed by atoms with van der Waals surface area (Å²) < 4.78 is 0. The first-order valence-corrected chi connectivity index (χ1v) is 12.6. The molecule has 0 spiro atoms. The highest BCUT2D eigenvalue weighted by Gasteiger charge is 2.39. The molecular weight excluding hydrogens is 555 g/mol. The van der Waals surface area contributed by atoms with E-state index in [1.807, 2.05) is 0 Å². The van der Waals surface area contributed by atoms with E-state index >= 15 is 0 Å². The zero-order valence-corrected chi connectivity index (χ0v) is 21.7. The van der Waals surface area contributed by atoms with Crippen LogP contribution in [-0.4, -0.2) is 34.1 Å². The van der Waals surface area contributed by atoms with Gasteiger partial charge in [0.2, 0.25) is 0 Å². The Bertz CT molecular complexity index is 1730. The van der Waals surface area contributed by atoms with Crippen molar-refractivity contribution in [1.82, 2.24) is 0 Å². The average molecular weight is 569 g/mol. The van der Waals surface area contributed by atoms with Crippen molar-refractivity contribution in [1.29, 1.82) is 0 Å². The summed E-state index contributed by atoms with van der Waals surface area (Å²) in [5, 5.41) is -1.44. The Morgan fingerprint density at radius 3 is 1.23 bits per heavy atom. The number of nitrogens with zero attached hydrogens (tertiary/aromatic N) is 2. The number of rotatable bonds is 5. The summed E-state index contributed by atoms with van der Waals surface area (Å²) in [5.41, 5.74) is 2.46. The normalized spacial score (nSPS) is 14.1. The molecule has 10 heteroatoms. The van der Waals surface area contributed by atoms with Crippen molar-refractivity contribution < 1.29 is 28.8 Å². The fourth-order valence-corrected chi connectivity index (χ4v) is 5.08. The van der Waals surface area contributed by atoms with Crippen LogP contribution in [0.3, 0.4) is 0 Å². The second-order valence-corrected chi connectivity index (χ2v) is 9.75. The van der Waals surface area contributed by atoms with Crippen molar-refractivity contribution in [3.63, 3.8) is 0 Å². The van der Waals surface area contributed by atoms with Crippen molar-refractivity contribution >= 4 is 68.7 Å². The Morgan fingerprint density at radius 2 is 0.850 bits per heavy atom. The number of halogens is 2. The van der Waals surface area contributed by atoms with Crippen molar-refractivity contribution in [3.8, 4) is 11.1 Å². The summed E-state index contributed by atoms with van der Waals surface area (Å²) in [6.07, 6.45) is 0. The van der Waals surface area contributed by atoms with E-state index in [9.17, 15) is 28.8 Å². The molecule has 2 heterocycles. The summed E-state index contributed by atoms with van der Waals surface area (Å²) in [4.78, 5) is 77.8. The van der Waals surface area contributed by atoms with Gasteiger partial charge in [-0.25, -0.2) is 9.80 Å². The summed E-state index contributed by atoms with van der Waals surface area (Å²) in [5.74, 6) is -2.25. The maximum Gasteiger partial charge on any atom is 0.266 e. The van der Waals surface area contributed by atoms with Gasteiger partial charge in [-0.2, -0.15) is 0 Å². The molecule has 0 radical (unpaired) electrons. The second kappa shape index (κ2) is 9.37. The van der Waals surface area contributed by atoms with Gasteiger partial charge in [0.05, 0.1) is 33.6 Å². The van der Waals surface area contributed by atoms with E-state index in [0.29, 0.717) is 11.1 Å². The largest absolute Gasteiger partial charge is 0.276 e. The molecule has 0 saturated carbocycles. The molecule has 0 saturated heterocycles. The predicted molar refractivity (Wildman–Crippen MR) is 147 cm³/mol. The monoisotopic (exact) mass is 568 g/mol.